The lowest BCUT2D eigenvalue weighted by Crippen LogP contribution is -2.61. The standard InChI is InChI=1S/C64H115NO10/c1-4-7-10-13-16-19-22-24-26-28-30-31-33-36-39-42-45-48-51-57(68)63(72)65-55(56(67)50-47-44-41-38-35-21-18-15-12-9-6-3)54-73-64-62(61(71)60(70)58(53-66)74-64)75-59(69)52-49-46-43-40-37-34-32-29-27-25-23-20-17-14-11-8-5-2/h17,20,24-27,32,34,47,50,55-58,60-62,64,66-68,70-71H,4-16,18-19,21-23,28-31,33,35-46,48-49,51-54H2,1-3H3,(H,65,72)/b20-17-,26-24+,27-25-,34-32-,50-47+. The van der Waals surface area contributed by atoms with Gasteiger partial charge in [-0.3, -0.25) is 9.59 Å². The number of hydrogen-bond acceptors (Lipinski definition) is 10. The van der Waals surface area contributed by atoms with Crippen LogP contribution in [0.25, 0.3) is 0 Å². The third kappa shape index (κ3) is 40.2. The van der Waals surface area contributed by atoms with Gasteiger partial charge in [-0.1, -0.05) is 236 Å². The molecule has 0 radical (unpaired) electrons. The number of amides is 1. The van der Waals surface area contributed by atoms with E-state index in [1.54, 1.807) is 6.08 Å². The fourth-order valence-corrected chi connectivity index (χ4v) is 9.42. The highest BCUT2D eigenvalue weighted by Gasteiger charge is 2.47. The van der Waals surface area contributed by atoms with Gasteiger partial charge < -0.3 is 45.1 Å². The lowest BCUT2D eigenvalue weighted by Gasteiger charge is -2.41. The number of carbonyl (C=O) groups is 2. The van der Waals surface area contributed by atoms with Gasteiger partial charge in [0.1, 0.15) is 24.4 Å². The molecule has 1 amide bonds. The van der Waals surface area contributed by atoms with Crippen molar-refractivity contribution in [2.75, 3.05) is 13.2 Å². The second-order valence-corrected chi connectivity index (χ2v) is 21.4. The summed E-state index contributed by atoms with van der Waals surface area (Å²) in [6.45, 7) is 5.74. The van der Waals surface area contributed by atoms with Crippen LogP contribution in [0.1, 0.15) is 271 Å². The summed E-state index contributed by atoms with van der Waals surface area (Å²) >= 11 is 0. The molecule has 0 aromatic heterocycles. The summed E-state index contributed by atoms with van der Waals surface area (Å²) in [7, 11) is 0. The van der Waals surface area contributed by atoms with Gasteiger partial charge in [-0.15, -0.1) is 0 Å². The van der Waals surface area contributed by atoms with Crippen LogP contribution in [0, 0.1) is 0 Å². The first-order valence-electron chi connectivity index (χ1n) is 31.1. The van der Waals surface area contributed by atoms with Crippen molar-refractivity contribution >= 4 is 11.9 Å². The van der Waals surface area contributed by atoms with Crippen LogP contribution < -0.4 is 5.32 Å². The lowest BCUT2D eigenvalue weighted by molar-refractivity contribution is -0.305. The van der Waals surface area contributed by atoms with Crippen LogP contribution in [0.2, 0.25) is 0 Å². The Kier molecular flexibility index (Phi) is 48.9. The first kappa shape index (κ1) is 70.4. The van der Waals surface area contributed by atoms with E-state index in [2.05, 4.69) is 74.7 Å². The molecule has 0 bridgehead atoms. The first-order valence-corrected chi connectivity index (χ1v) is 31.1. The van der Waals surface area contributed by atoms with E-state index < -0.39 is 67.4 Å². The van der Waals surface area contributed by atoms with E-state index in [-0.39, 0.29) is 19.4 Å². The average Bonchev–Trinajstić information content (AvgIpc) is 3.41. The minimum Gasteiger partial charge on any atom is -0.454 e. The molecule has 11 heteroatoms. The summed E-state index contributed by atoms with van der Waals surface area (Å²) < 4.78 is 17.6. The second kappa shape index (κ2) is 52.1. The Balaban J connectivity index is 2.68. The Morgan fingerprint density at radius 2 is 0.920 bits per heavy atom. The monoisotopic (exact) mass is 1060 g/mol. The Morgan fingerprint density at radius 1 is 0.520 bits per heavy atom. The van der Waals surface area contributed by atoms with Crippen molar-refractivity contribution in [3.8, 4) is 0 Å². The topological polar surface area (TPSA) is 175 Å². The minimum absolute atomic E-state index is 0.0969. The number of unbranched alkanes of at least 4 members (excludes halogenated alkanes) is 30. The predicted molar refractivity (Wildman–Crippen MR) is 310 cm³/mol. The lowest BCUT2D eigenvalue weighted by atomic mass is 9.99. The molecule has 1 fully saturated rings. The quantitative estimate of drug-likeness (QED) is 0.0195. The van der Waals surface area contributed by atoms with Gasteiger partial charge in [-0.05, 0) is 89.9 Å². The van der Waals surface area contributed by atoms with E-state index in [4.69, 9.17) is 14.2 Å². The highest BCUT2D eigenvalue weighted by Crippen LogP contribution is 2.26. The largest absolute Gasteiger partial charge is 0.454 e. The molecule has 0 spiro atoms. The van der Waals surface area contributed by atoms with Gasteiger partial charge in [-0.25, -0.2) is 0 Å². The molecule has 1 aliphatic rings. The Bertz CT molecular complexity index is 1450. The molecule has 1 heterocycles. The van der Waals surface area contributed by atoms with Crippen molar-refractivity contribution in [1.29, 1.82) is 0 Å². The highest BCUT2D eigenvalue weighted by atomic mass is 16.7. The number of carbonyl (C=O) groups excluding carboxylic acids is 2. The van der Waals surface area contributed by atoms with E-state index in [1.165, 1.54) is 135 Å². The summed E-state index contributed by atoms with van der Waals surface area (Å²) in [6, 6.07) is -1.03. The Labute approximate surface area is 458 Å². The number of aliphatic hydroxyl groups excluding tert-OH is 5. The normalized spacial score (nSPS) is 19.6. The molecule has 0 aromatic carbocycles. The van der Waals surface area contributed by atoms with E-state index in [9.17, 15) is 35.1 Å². The number of allylic oxidation sites excluding steroid dienone is 9. The van der Waals surface area contributed by atoms with Gasteiger partial charge in [0.2, 0.25) is 5.91 Å². The van der Waals surface area contributed by atoms with E-state index in [0.717, 1.165) is 89.9 Å². The van der Waals surface area contributed by atoms with Gasteiger partial charge in [0.05, 0.1) is 25.4 Å². The van der Waals surface area contributed by atoms with Crippen molar-refractivity contribution in [1.82, 2.24) is 5.32 Å². The van der Waals surface area contributed by atoms with Gasteiger partial charge in [0.15, 0.2) is 12.4 Å². The second-order valence-electron chi connectivity index (χ2n) is 21.4. The van der Waals surface area contributed by atoms with E-state index in [0.29, 0.717) is 12.8 Å². The van der Waals surface area contributed by atoms with Crippen LogP contribution in [0.3, 0.4) is 0 Å². The Hall–Kier alpha value is -2.64. The van der Waals surface area contributed by atoms with Crippen LogP contribution in [0.4, 0.5) is 0 Å². The molecule has 75 heavy (non-hydrogen) atoms. The van der Waals surface area contributed by atoms with Crippen LogP contribution in [-0.4, -0.2) is 99.6 Å². The van der Waals surface area contributed by atoms with Crippen LogP contribution in [0.15, 0.2) is 60.8 Å². The van der Waals surface area contributed by atoms with Crippen LogP contribution >= 0.6 is 0 Å². The summed E-state index contributed by atoms with van der Waals surface area (Å²) in [4.78, 5) is 26.5. The molecule has 1 aliphatic heterocycles. The molecule has 0 aromatic rings. The van der Waals surface area contributed by atoms with Crippen LogP contribution in [0.5, 0.6) is 0 Å². The number of hydrogen-bond donors (Lipinski definition) is 6. The number of rotatable bonds is 52. The number of aliphatic hydroxyl groups is 5. The van der Waals surface area contributed by atoms with Gasteiger partial charge in [0.25, 0.3) is 0 Å². The molecule has 436 valence electrons. The Morgan fingerprint density at radius 3 is 1.41 bits per heavy atom. The van der Waals surface area contributed by atoms with E-state index in [1.807, 2.05) is 6.08 Å². The van der Waals surface area contributed by atoms with Gasteiger partial charge in [0, 0.05) is 6.42 Å². The zero-order chi connectivity index (χ0) is 54.7. The predicted octanol–water partition coefficient (Wildman–Crippen LogP) is 14.6. The summed E-state index contributed by atoms with van der Waals surface area (Å²) in [5, 5.41) is 56.9. The molecule has 11 nitrogen and oxygen atoms in total. The third-order valence-corrected chi connectivity index (χ3v) is 14.4. The molecular formula is C64H115NO10. The van der Waals surface area contributed by atoms with E-state index >= 15 is 0 Å². The SMILES string of the molecule is CCCCC/C=C\C/C=C\C/C=C\CCCCCCC(=O)OC1C(OCC(NC(=O)C(O)CCCCCCCCCC/C=C/CCCCCCCC)C(O)/C=C/CCCCCCCCCCC)OC(CO)C(O)C1O. The summed E-state index contributed by atoms with van der Waals surface area (Å²) in [5.41, 5.74) is 0. The van der Waals surface area contributed by atoms with Crippen molar-refractivity contribution in [2.24, 2.45) is 0 Å². The molecular weight excluding hydrogens is 943 g/mol. The van der Waals surface area contributed by atoms with Crippen molar-refractivity contribution in [3.05, 3.63) is 60.8 Å². The van der Waals surface area contributed by atoms with Crippen molar-refractivity contribution in [2.45, 2.75) is 320 Å². The fraction of sp³-hybridized carbons (Fsp3) is 0.812. The third-order valence-electron chi connectivity index (χ3n) is 14.4. The maximum absolute atomic E-state index is 13.4. The van der Waals surface area contributed by atoms with Crippen molar-refractivity contribution in [3.63, 3.8) is 0 Å². The smallest absolute Gasteiger partial charge is 0.306 e. The maximum atomic E-state index is 13.4. The number of ether oxygens (including phenoxy) is 3. The zero-order valence-corrected chi connectivity index (χ0v) is 48.2. The molecule has 1 saturated heterocycles. The molecule has 0 saturated carbocycles. The molecule has 8 unspecified atom stereocenters. The number of esters is 1. The molecule has 0 aliphatic carbocycles. The molecule has 6 N–H and O–H groups in total. The van der Waals surface area contributed by atoms with Crippen LogP contribution in [-0.2, 0) is 23.8 Å². The first-order chi connectivity index (χ1) is 36.7. The minimum atomic E-state index is -1.62. The average molecular weight is 1060 g/mol. The number of nitrogens with one attached hydrogen (secondary N) is 1. The molecule has 1 rings (SSSR count). The van der Waals surface area contributed by atoms with Crippen molar-refractivity contribution < 1.29 is 49.3 Å². The van der Waals surface area contributed by atoms with Gasteiger partial charge >= 0.3 is 5.97 Å². The maximum Gasteiger partial charge on any atom is 0.306 e. The fourth-order valence-electron chi connectivity index (χ4n) is 9.42. The highest BCUT2D eigenvalue weighted by molar-refractivity contribution is 5.80. The van der Waals surface area contributed by atoms with Gasteiger partial charge in [-0.2, -0.15) is 0 Å². The zero-order valence-electron chi connectivity index (χ0n) is 48.2. The summed E-state index contributed by atoms with van der Waals surface area (Å²) in [6.07, 6.45) is 54.0. The molecule has 8 atom stereocenters. The summed E-state index contributed by atoms with van der Waals surface area (Å²) in [5.74, 6) is -1.22.